The first-order valence-corrected chi connectivity index (χ1v) is 32.4. The number of phosphoric ester groups is 1. The van der Waals surface area contributed by atoms with Gasteiger partial charge in [0.25, 0.3) is 0 Å². The first-order chi connectivity index (χ1) is 36.4. The summed E-state index contributed by atoms with van der Waals surface area (Å²) in [5.74, 6) is -0.546. The van der Waals surface area contributed by atoms with Gasteiger partial charge in [0.05, 0.1) is 33.8 Å². The zero-order valence-electron chi connectivity index (χ0n) is 49.5. The molecule has 10 heteroatoms. The minimum Gasteiger partial charge on any atom is -0.456 e. The van der Waals surface area contributed by atoms with E-state index in [0.29, 0.717) is 23.9 Å². The molecule has 0 saturated carbocycles. The third kappa shape index (κ3) is 55.7. The summed E-state index contributed by atoms with van der Waals surface area (Å²) in [5, 5.41) is 3.04. The van der Waals surface area contributed by atoms with Crippen LogP contribution in [0.1, 0.15) is 265 Å². The molecule has 1 amide bonds. The minimum atomic E-state index is -4.46. The van der Waals surface area contributed by atoms with Crippen LogP contribution < -0.4 is 5.32 Å². The van der Waals surface area contributed by atoms with E-state index in [0.717, 1.165) is 89.9 Å². The molecule has 0 aromatic heterocycles. The lowest BCUT2D eigenvalue weighted by Gasteiger charge is -2.27. The van der Waals surface area contributed by atoms with Crippen LogP contribution in [0.4, 0.5) is 0 Å². The van der Waals surface area contributed by atoms with E-state index in [1.54, 1.807) is 0 Å². The van der Waals surface area contributed by atoms with Crippen LogP contribution in [-0.2, 0) is 27.9 Å². The van der Waals surface area contributed by atoms with Crippen LogP contribution in [-0.4, -0.2) is 74.3 Å². The fraction of sp³-hybridized carbons (Fsp3) is 0.754. The van der Waals surface area contributed by atoms with Crippen molar-refractivity contribution < 1.29 is 37.3 Å². The second-order valence-electron chi connectivity index (χ2n) is 21.8. The van der Waals surface area contributed by atoms with Crippen LogP contribution in [0.15, 0.2) is 85.1 Å². The maximum Gasteiger partial charge on any atom is 0.472 e. The molecule has 0 aromatic carbocycles. The molecule has 2 N–H and O–H groups in total. The third-order valence-electron chi connectivity index (χ3n) is 13.3. The highest BCUT2D eigenvalue weighted by atomic mass is 31.2. The van der Waals surface area contributed by atoms with Gasteiger partial charge < -0.3 is 19.4 Å². The van der Waals surface area contributed by atoms with E-state index >= 15 is 0 Å². The number of nitrogens with one attached hydrogen (secondary N) is 1. The Morgan fingerprint density at radius 1 is 0.480 bits per heavy atom. The summed E-state index contributed by atoms with van der Waals surface area (Å²) < 4.78 is 30.6. The van der Waals surface area contributed by atoms with Gasteiger partial charge in [-0.25, -0.2) is 4.57 Å². The molecule has 9 nitrogen and oxygen atoms in total. The number of amides is 1. The largest absolute Gasteiger partial charge is 0.472 e. The Bertz CT molecular complexity index is 1560. The van der Waals surface area contributed by atoms with Gasteiger partial charge in [0.1, 0.15) is 19.3 Å². The van der Waals surface area contributed by atoms with E-state index in [9.17, 15) is 19.0 Å². The number of ether oxygens (including phenoxy) is 1. The van der Waals surface area contributed by atoms with Crippen LogP contribution >= 0.6 is 7.82 Å². The second-order valence-corrected chi connectivity index (χ2v) is 23.3. The van der Waals surface area contributed by atoms with E-state index in [4.69, 9.17) is 13.8 Å². The molecule has 0 bridgehead atoms. The smallest absolute Gasteiger partial charge is 0.456 e. The summed E-state index contributed by atoms with van der Waals surface area (Å²) in [7, 11) is 1.47. The normalized spacial score (nSPS) is 14.3. The number of hydrogen-bond donors (Lipinski definition) is 2. The molecule has 0 spiro atoms. The van der Waals surface area contributed by atoms with Crippen LogP contribution in [0.3, 0.4) is 0 Å². The van der Waals surface area contributed by atoms with Gasteiger partial charge >= 0.3 is 13.8 Å². The van der Waals surface area contributed by atoms with Crippen molar-refractivity contribution in [3.05, 3.63) is 85.1 Å². The first kappa shape index (κ1) is 72.2. The molecule has 0 rings (SSSR count). The van der Waals surface area contributed by atoms with Crippen molar-refractivity contribution in [1.82, 2.24) is 5.32 Å². The first-order valence-electron chi connectivity index (χ1n) is 30.9. The Hall–Kier alpha value is -2.81. The monoisotopic (exact) mass is 1070 g/mol. The molecule has 3 unspecified atom stereocenters. The highest BCUT2D eigenvalue weighted by molar-refractivity contribution is 7.47. The third-order valence-corrected chi connectivity index (χ3v) is 14.3. The Morgan fingerprint density at radius 3 is 1.31 bits per heavy atom. The molecule has 75 heavy (non-hydrogen) atoms. The van der Waals surface area contributed by atoms with Crippen molar-refractivity contribution in [2.24, 2.45) is 0 Å². The number of esters is 1. The minimum absolute atomic E-state index is 0.0312. The highest BCUT2D eigenvalue weighted by Gasteiger charge is 2.30. The van der Waals surface area contributed by atoms with Gasteiger partial charge in [-0.15, -0.1) is 0 Å². The van der Waals surface area contributed by atoms with E-state index in [-0.39, 0.29) is 31.5 Å². The molecule has 0 aliphatic heterocycles. The number of likely N-dealkylation sites (N-methyl/N-ethyl adjacent to an activating group) is 1. The Balaban J connectivity index is 5.29. The molecule has 0 aliphatic carbocycles. The van der Waals surface area contributed by atoms with Crippen LogP contribution in [0.2, 0.25) is 0 Å². The summed E-state index contributed by atoms with van der Waals surface area (Å²) in [6.45, 7) is 6.87. The summed E-state index contributed by atoms with van der Waals surface area (Å²) in [6, 6.07) is -0.866. The standard InChI is InChI=1S/C65H117N2O7P/c1-7-10-13-16-19-22-25-27-29-31-33-35-37-39-42-45-48-51-54-57-64(68)66-62(61-73-75(70,71)72-60-59-67(4,5)6)63(56-53-50-47-44-41-24-21-18-15-12-9-3)74-65(69)58-55-52-49-46-43-40-38-36-34-32-30-28-26-23-20-17-14-11-8-2/h11,14,20,23,27-30,34,36,40,43,53,56,62-63H,7-10,12-13,15-19,21-22,24-26,31-33,35,37-39,41-42,44-52,54-55,57-61H2,1-6H3,(H-,66,68,70,71)/p+1/b14-11-,23-20-,29-27+,30-28-,36-34-,43-40-,56-53+. The van der Waals surface area contributed by atoms with Crippen molar-refractivity contribution in [2.75, 3.05) is 40.9 Å². The van der Waals surface area contributed by atoms with Crippen molar-refractivity contribution >= 4 is 19.7 Å². The van der Waals surface area contributed by atoms with Crippen LogP contribution in [0.25, 0.3) is 0 Å². The lowest BCUT2D eigenvalue weighted by Crippen LogP contribution is -2.47. The Kier molecular flexibility index (Phi) is 52.5. The number of carbonyl (C=O) groups is 2. The topological polar surface area (TPSA) is 111 Å². The van der Waals surface area contributed by atoms with Crippen molar-refractivity contribution in [3.63, 3.8) is 0 Å². The molecule has 3 atom stereocenters. The van der Waals surface area contributed by atoms with E-state index in [1.165, 1.54) is 135 Å². The molecule has 0 aromatic rings. The number of allylic oxidation sites excluding steroid dienone is 13. The van der Waals surface area contributed by atoms with Gasteiger partial charge in [-0.05, 0) is 102 Å². The van der Waals surface area contributed by atoms with Gasteiger partial charge in [-0.2, -0.15) is 0 Å². The van der Waals surface area contributed by atoms with E-state index in [2.05, 4.69) is 99.0 Å². The number of unbranched alkanes of at least 4 members (excludes halogenated alkanes) is 27. The maximum atomic E-state index is 13.5. The zero-order chi connectivity index (χ0) is 55.0. The number of hydrogen-bond acceptors (Lipinski definition) is 6. The second kappa shape index (κ2) is 54.5. The molecular formula is C65H118N2O7P+. The van der Waals surface area contributed by atoms with Crippen LogP contribution in [0.5, 0.6) is 0 Å². The zero-order valence-corrected chi connectivity index (χ0v) is 50.4. The van der Waals surface area contributed by atoms with Crippen LogP contribution in [0, 0.1) is 0 Å². The SMILES string of the molecule is CC/C=C\C/C=C\C/C=C\C/C=C\C/C=C\CCCCCC(=O)OC(/C=C/CCCCCCCCCCC)C(COP(=O)(O)OCC[N+](C)(C)C)NC(=O)CCCCCCCCCCC/C=C/CCCCCCCC. The summed E-state index contributed by atoms with van der Waals surface area (Å²) in [6.07, 6.45) is 71.5. The molecule has 0 saturated heterocycles. The Labute approximate surface area is 463 Å². The predicted octanol–water partition coefficient (Wildman–Crippen LogP) is 19.0. The molecule has 0 radical (unpaired) electrons. The number of phosphoric acid groups is 1. The fourth-order valence-corrected chi connectivity index (χ4v) is 9.29. The summed E-state index contributed by atoms with van der Waals surface area (Å²) in [5.41, 5.74) is 0. The predicted molar refractivity (Wildman–Crippen MR) is 323 cm³/mol. The summed E-state index contributed by atoms with van der Waals surface area (Å²) >= 11 is 0. The van der Waals surface area contributed by atoms with Gasteiger partial charge in [-0.1, -0.05) is 235 Å². The fourth-order valence-electron chi connectivity index (χ4n) is 8.55. The molecule has 0 fully saturated rings. The van der Waals surface area contributed by atoms with Crippen molar-refractivity contribution in [2.45, 2.75) is 277 Å². The number of nitrogens with zero attached hydrogens (tertiary/aromatic N) is 1. The lowest BCUT2D eigenvalue weighted by molar-refractivity contribution is -0.870. The lowest BCUT2D eigenvalue weighted by atomic mass is 10.0. The maximum absolute atomic E-state index is 13.5. The van der Waals surface area contributed by atoms with E-state index < -0.39 is 20.0 Å². The average molecular weight is 1070 g/mol. The Morgan fingerprint density at radius 2 is 0.853 bits per heavy atom. The van der Waals surface area contributed by atoms with Gasteiger partial charge in [0, 0.05) is 12.8 Å². The van der Waals surface area contributed by atoms with Crippen molar-refractivity contribution in [1.29, 1.82) is 0 Å². The number of quaternary nitrogens is 1. The van der Waals surface area contributed by atoms with E-state index in [1.807, 2.05) is 33.3 Å². The van der Waals surface area contributed by atoms with Crippen molar-refractivity contribution in [3.8, 4) is 0 Å². The highest BCUT2D eigenvalue weighted by Crippen LogP contribution is 2.43. The van der Waals surface area contributed by atoms with Gasteiger partial charge in [-0.3, -0.25) is 18.6 Å². The summed E-state index contributed by atoms with van der Waals surface area (Å²) in [4.78, 5) is 37.7. The molecular weight excluding hydrogens is 952 g/mol. The molecule has 0 heterocycles. The quantitative estimate of drug-likeness (QED) is 0.0205. The van der Waals surface area contributed by atoms with Gasteiger partial charge in [0.2, 0.25) is 5.91 Å². The average Bonchev–Trinajstić information content (AvgIpc) is 3.37. The number of carbonyl (C=O) groups excluding carboxylic acids is 2. The molecule has 434 valence electrons. The van der Waals surface area contributed by atoms with Gasteiger partial charge in [0.15, 0.2) is 0 Å². The molecule has 0 aliphatic rings. The number of rotatable bonds is 55.